The number of aromatic nitrogens is 2. The zero-order valence-electron chi connectivity index (χ0n) is 12.1. The molecule has 0 aliphatic carbocycles. The molecule has 0 aliphatic rings. The number of nitrogens with one attached hydrogen (secondary N) is 1. The standard InChI is InChI=1S/C14H18ClN3O3/c1-8(19)13(14(20)21-3)16-7-12-17-10-6-9(15)4-5-11(10)18(12)2/h4-6,8,13,16,19H,7H2,1-3H3/t8-,13-/m1/s1. The van der Waals surface area contributed by atoms with Gasteiger partial charge in [0.1, 0.15) is 11.9 Å². The van der Waals surface area contributed by atoms with Gasteiger partial charge in [-0.2, -0.15) is 0 Å². The number of hydrogen-bond donors (Lipinski definition) is 2. The summed E-state index contributed by atoms with van der Waals surface area (Å²) < 4.78 is 6.57. The highest BCUT2D eigenvalue weighted by Crippen LogP contribution is 2.19. The number of carbonyl (C=O) groups is 1. The van der Waals surface area contributed by atoms with E-state index in [2.05, 4.69) is 15.0 Å². The largest absolute Gasteiger partial charge is 0.468 e. The second-order valence-corrected chi connectivity index (χ2v) is 5.28. The van der Waals surface area contributed by atoms with Gasteiger partial charge in [0.25, 0.3) is 0 Å². The number of esters is 1. The average molecular weight is 312 g/mol. The number of carbonyl (C=O) groups excluding carboxylic acids is 1. The summed E-state index contributed by atoms with van der Waals surface area (Å²) in [5.74, 6) is 0.230. The van der Waals surface area contributed by atoms with Crippen LogP contribution < -0.4 is 5.32 Å². The highest BCUT2D eigenvalue weighted by molar-refractivity contribution is 6.31. The molecular weight excluding hydrogens is 294 g/mol. The Balaban J connectivity index is 2.19. The van der Waals surface area contributed by atoms with Gasteiger partial charge in [0, 0.05) is 12.1 Å². The van der Waals surface area contributed by atoms with Crippen molar-refractivity contribution in [1.82, 2.24) is 14.9 Å². The van der Waals surface area contributed by atoms with E-state index in [1.807, 2.05) is 17.7 Å². The van der Waals surface area contributed by atoms with Crippen LogP contribution in [0.15, 0.2) is 18.2 Å². The third kappa shape index (κ3) is 3.34. The number of benzene rings is 1. The molecule has 114 valence electrons. The van der Waals surface area contributed by atoms with E-state index in [4.69, 9.17) is 11.6 Å². The maximum absolute atomic E-state index is 11.6. The first-order valence-electron chi connectivity index (χ1n) is 6.54. The summed E-state index contributed by atoms with van der Waals surface area (Å²) >= 11 is 5.95. The van der Waals surface area contributed by atoms with Crippen LogP contribution in [0.5, 0.6) is 0 Å². The van der Waals surface area contributed by atoms with E-state index in [9.17, 15) is 9.90 Å². The highest BCUT2D eigenvalue weighted by atomic mass is 35.5. The summed E-state index contributed by atoms with van der Waals surface area (Å²) in [5.41, 5.74) is 1.73. The molecule has 0 fully saturated rings. The fraction of sp³-hybridized carbons (Fsp3) is 0.429. The van der Waals surface area contributed by atoms with Crippen molar-refractivity contribution in [1.29, 1.82) is 0 Å². The van der Waals surface area contributed by atoms with E-state index in [1.54, 1.807) is 12.1 Å². The number of aliphatic hydroxyl groups is 1. The first-order chi connectivity index (χ1) is 9.93. The molecule has 7 heteroatoms. The molecule has 2 atom stereocenters. The monoisotopic (exact) mass is 311 g/mol. The Bertz CT molecular complexity index is 654. The molecule has 1 aromatic carbocycles. The van der Waals surface area contributed by atoms with Gasteiger partial charge in [0.15, 0.2) is 0 Å². The molecule has 0 radical (unpaired) electrons. The van der Waals surface area contributed by atoms with Crippen molar-refractivity contribution in [3.05, 3.63) is 29.0 Å². The number of halogens is 1. The highest BCUT2D eigenvalue weighted by Gasteiger charge is 2.24. The number of aliphatic hydroxyl groups excluding tert-OH is 1. The third-order valence-corrected chi connectivity index (χ3v) is 3.59. The maximum Gasteiger partial charge on any atom is 0.325 e. The van der Waals surface area contributed by atoms with Gasteiger partial charge in [-0.1, -0.05) is 11.6 Å². The van der Waals surface area contributed by atoms with Crippen molar-refractivity contribution in [2.75, 3.05) is 7.11 Å². The molecule has 0 amide bonds. The summed E-state index contributed by atoms with van der Waals surface area (Å²) in [6.45, 7) is 1.86. The summed E-state index contributed by atoms with van der Waals surface area (Å²) in [6.07, 6.45) is -0.860. The smallest absolute Gasteiger partial charge is 0.325 e. The van der Waals surface area contributed by atoms with Crippen LogP contribution in [0.25, 0.3) is 11.0 Å². The number of nitrogens with zero attached hydrogens (tertiary/aromatic N) is 2. The van der Waals surface area contributed by atoms with Gasteiger partial charge in [-0.15, -0.1) is 0 Å². The van der Waals surface area contributed by atoms with E-state index >= 15 is 0 Å². The second kappa shape index (κ2) is 6.43. The summed E-state index contributed by atoms with van der Waals surface area (Å²) in [4.78, 5) is 16.1. The third-order valence-electron chi connectivity index (χ3n) is 3.35. The fourth-order valence-electron chi connectivity index (χ4n) is 2.16. The minimum absolute atomic E-state index is 0.327. The van der Waals surface area contributed by atoms with Crippen molar-refractivity contribution < 1.29 is 14.6 Å². The zero-order valence-corrected chi connectivity index (χ0v) is 12.9. The van der Waals surface area contributed by atoms with Crippen LogP contribution in [0.1, 0.15) is 12.7 Å². The first-order valence-corrected chi connectivity index (χ1v) is 6.92. The fourth-order valence-corrected chi connectivity index (χ4v) is 2.33. The van der Waals surface area contributed by atoms with Crippen LogP contribution in [0.2, 0.25) is 5.02 Å². The molecule has 6 nitrogen and oxygen atoms in total. The first kappa shape index (κ1) is 15.8. The van der Waals surface area contributed by atoms with Crippen molar-refractivity contribution in [3.63, 3.8) is 0 Å². The van der Waals surface area contributed by atoms with E-state index in [1.165, 1.54) is 14.0 Å². The number of imidazole rings is 1. The van der Waals surface area contributed by atoms with Crippen LogP contribution >= 0.6 is 11.6 Å². The Morgan fingerprint density at radius 3 is 2.90 bits per heavy atom. The molecule has 0 saturated heterocycles. The SMILES string of the molecule is COC(=O)[C@H](NCc1nc2cc(Cl)ccc2n1C)[C@@H](C)O. The summed E-state index contributed by atoms with van der Waals surface area (Å²) in [6, 6.07) is 4.68. The summed E-state index contributed by atoms with van der Waals surface area (Å²) in [5, 5.41) is 13.2. The Morgan fingerprint density at radius 1 is 1.57 bits per heavy atom. The van der Waals surface area contributed by atoms with Gasteiger partial charge >= 0.3 is 5.97 Å². The lowest BCUT2D eigenvalue weighted by molar-refractivity contribution is -0.145. The van der Waals surface area contributed by atoms with Gasteiger partial charge < -0.3 is 14.4 Å². The molecule has 0 saturated carbocycles. The van der Waals surface area contributed by atoms with Crippen LogP contribution in [0.3, 0.4) is 0 Å². The second-order valence-electron chi connectivity index (χ2n) is 4.84. The molecule has 2 aromatic rings. The quantitative estimate of drug-likeness (QED) is 0.813. The van der Waals surface area contributed by atoms with Crippen LogP contribution in [-0.2, 0) is 23.1 Å². The van der Waals surface area contributed by atoms with Gasteiger partial charge in [0.05, 0.1) is 30.8 Å². The van der Waals surface area contributed by atoms with Gasteiger partial charge in [0.2, 0.25) is 0 Å². The Labute approximate surface area is 127 Å². The maximum atomic E-state index is 11.6. The van der Waals surface area contributed by atoms with Gasteiger partial charge in [-0.3, -0.25) is 10.1 Å². The molecule has 0 unspecified atom stereocenters. The Morgan fingerprint density at radius 2 is 2.29 bits per heavy atom. The lowest BCUT2D eigenvalue weighted by atomic mass is 10.2. The molecule has 2 rings (SSSR count). The van der Waals surface area contributed by atoms with Crippen molar-refractivity contribution in [3.8, 4) is 0 Å². The lowest BCUT2D eigenvalue weighted by Gasteiger charge is -2.18. The number of hydrogen-bond acceptors (Lipinski definition) is 5. The van der Waals surface area contributed by atoms with Crippen LogP contribution in [0.4, 0.5) is 0 Å². The molecule has 2 N–H and O–H groups in total. The molecule has 1 heterocycles. The summed E-state index contributed by atoms with van der Waals surface area (Å²) in [7, 11) is 3.17. The van der Waals surface area contributed by atoms with E-state index in [-0.39, 0.29) is 0 Å². The molecule has 0 aliphatic heterocycles. The molecular formula is C14H18ClN3O3. The average Bonchev–Trinajstić information content (AvgIpc) is 2.74. The minimum atomic E-state index is -0.860. The Hall–Kier alpha value is -1.63. The van der Waals surface area contributed by atoms with Crippen LogP contribution in [0, 0.1) is 0 Å². The lowest BCUT2D eigenvalue weighted by Crippen LogP contribution is -2.45. The predicted octanol–water partition coefficient (Wildman–Crippen LogP) is 1.24. The minimum Gasteiger partial charge on any atom is -0.468 e. The molecule has 21 heavy (non-hydrogen) atoms. The Kier molecular flexibility index (Phi) is 4.82. The van der Waals surface area contributed by atoms with E-state index < -0.39 is 18.1 Å². The zero-order chi connectivity index (χ0) is 15.6. The van der Waals surface area contributed by atoms with Crippen molar-refractivity contribution in [2.24, 2.45) is 7.05 Å². The predicted molar refractivity (Wildman–Crippen MR) is 80.0 cm³/mol. The topological polar surface area (TPSA) is 76.4 Å². The van der Waals surface area contributed by atoms with Gasteiger partial charge in [-0.25, -0.2) is 4.98 Å². The molecule has 0 bridgehead atoms. The normalized spacial score (nSPS) is 14.1. The van der Waals surface area contributed by atoms with Crippen molar-refractivity contribution in [2.45, 2.75) is 25.6 Å². The van der Waals surface area contributed by atoms with E-state index in [0.29, 0.717) is 11.6 Å². The number of fused-ring (bicyclic) bond motifs is 1. The van der Waals surface area contributed by atoms with Crippen molar-refractivity contribution >= 4 is 28.6 Å². The number of ether oxygens (including phenoxy) is 1. The molecule has 0 spiro atoms. The van der Waals surface area contributed by atoms with E-state index in [0.717, 1.165) is 16.9 Å². The van der Waals surface area contributed by atoms with Crippen LogP contribution in [-0.4, -0.2) is 39.9 Å². The number of rotatable bonds is 5. The number of aryl methyl sites for hydroxylation is 1. The van der Waals surface area contributed by atoms with Gasteiger partial charge in [-0.05, 0) is 25.1 Å². The number of methoxy groups -OCH3 is 1. The molecule has 1 aromatic heterocycles.